The molecule has 0 amide bonds. The molecule has 0 N–H and O–H groups in total. The highest BCUT2D eigenvalue weighted by molar-refractivity contribution is 5.23. The summed E-state index contributed by atoms with van der Waals surface area (Å²) in [6.07, 6.45) is 0.779. The van der Waals surface area contributed by atoms with Crippen molar-refractivity contribution in [3.05, 3.63) is 45.8 Å². The number of azide groups is 1. The minimum atomic E-state index is 0.507. The van der Waals surface area contributed by atoms with Gasteiger partial charge in [0.2, 0.25) is 0 Å². The maximum absolute atomic E-state index is 8.12. The fourth-order valence-electron chi connectivity index (χ4n) is 1.27. The number of benzene rings is 1. The van der Waals surface area contributed by atoms with E-state index in [4.69, 9.17) is 10.3 Å². The molecular formula is C10H13N3O. The average Bonchev–Trinajstić information content (AvgIpc) is 2.19. The molecule has 74 valence electrons. The van der Waals surface area contributed by atoms with E-state index in [9.17, 15) is 0 Å². The van der Waals surface area contributed by atoms with Crippen LogP contribution in [0.4, 0.5) is 0 Å². The Kier molecular flexibility index (Phi) is 4.55. The van der Waals surface area contributed by atoms with Crippen molar-refractivity contribution in [1.82, 2.24) is 0 Å². The third kappa shape index (κ3) is 3.47. The zero-order valence-corrected chi connectivity index (χ0v) is 8.18. The zero-order chi connectivity index (χ0) is 10.2. The molecule has 4 nitrogen and oxygen atoms in total. The van der Waals surface area contributed by atoms with Gasteiger partial charge in [0.15, 0.2) is 0 Å². The lowest BCUT2D eigenvalue weighted by atomic mass is 10.1. The molecule has 0 radical (unpaired) electrons. The van der Waals surface area contributed by atoms with Crippen molar-refractivity contribution in [1.29, 1.82) is 0 Å². The second-order valence-corrected chi connectivity index (χ2v) is 2.96. The molecule has 0 saturated carbocycles. The first kappa shape index (κ1) is 10.6. The first-order valence-electron chi connectivity index (χ1n) is 4.44. The summed E-state index contributed by atoms with van der Waals surface area (Å²) in [5.74, 6) is 0. The van der Waals surface area contributed by atoms with Gasteiger partial charge in [-0.3, -0.25) is 0 Å². The molecule has 4 heteroatoms. The van der Waals surface area contributed by atoms with Crippen molar-refractivity contribution in [2.75, 3.05) is 13.7 Å². The molecule has 14 heavy (non-hydrogen) atoms. The zero-order valence-electron chi connectivity index (χ0n) is 8.18. The topological polar surface area (TPSA) is 58.0 Å². The Labute approximate surface area is 83.1 Å². The molecule has 0 bridgehead atoms. The molecule has 0 aliphatic rings. The van der Waals surface area contributed by atoms with Gasteiger partial charge in [-0.05, 0) is 23.1 Å². The van der Waals surface area contributed by atoms with Crippen LogP contribution in [0.25, 0.3) is 10.4 Å². The normalized spacial score (nSPS) is 9.50. The van der Waals surface area contributed by atoms with E-state index < -0.39 is 0 Å². The monoisotopic (exact) mass is 191 g/mol. The summed E-state index contributed by atoms with van der Waals surface area (Å²) < 4.78 is 5.03. The quantitative estimate of drug-likeness (QED) is 0.401. The van der Waals surface area contributed by atoms with E-state index in [1.54, 1.807) is 7.11 Å². The Hall–Kier alpha value is -1.51. The number of methoxy groups -OCH3 is 1. The molecule has 0 atom stereocenters. The van der Waals surface area contributed by atoms with Gasteiger partial charge in [-0.25, -0.2) is 0 Å². The van der Waals surface area contributed by atoms with E-state index >= 15 is 0 Å². The summed E-state index contributed by atoms with van der Waals surface area (Å²) in [6, 6.07) is 8.09. The largest absolute Gasteiger partial charge is 0.380 e. The van der Waals surface area contributed by atoms with Gasteiger partial charge in [-0.1, -0.05) is 29.4 Å². The van der Waals surface area contributed by atoms with Gasteiger partial charge >= 0.3 is 0 Å². The van der Waals surface area contributed by atoms with Gasteiger partial charge in [0.25, 0.3) is 0 Å². The SMILES string of the molecule is COCc1cccc(CCN=[N+]=[N-])c1. The van der Waals surface area contributed by atoms with Gasteiger partial charge in [0.1, 0.15) is 0 Å². The van der Waals surface area contributed by atoms with E-state index in [2.05, 4.69) is 16.1 Å². The smallest absolute Gasteiger partial charge is 0.0713 e. The van der Waals surface area contributed by atoms with Crippen LogP contribution in [0.5, 0.6) is 0 Å². The predicted molar refractivity (Wildman–Crippen MR) is 54.9 cm³/mol. The molecular weight excluding hydrogens is 178 g/mol. The number of hydrogen-bond acceptors (Lipinski definition) is 2. The van der Waals surface area contributed by atoms with Gasteiger partial charge in [0.05, 0.1) is 6.61 Å². The van der Waals surface area contributed by atoms with Crippen molar-refractivity contribution in [3.63, 3.8) is 0 Å². The highest BCUT2D eigenvalue weighted by Crippen LogP contribution is 2.07. The van der Waals surface area contributed by atoms with E-state index in [-0.39, 0.29) is 0 Å². The Morgan fingerprint density at radius 2 is 2.21 bits per heavy atom. The van der Waals surface area contributed by atoms with Crippen molar-refractivity contribution < 1.29 is 4.74 Å². The van der Waals surface area contributed by atoms with Crippen LogP contribution in [-0.2, 0) is 17.8 Å². The second-order valence-electron chi connectivity index (χ2n) is 2.96. The third-order valence-corrected chi connectivity index (χ3v) is 1.87. The summed E-state index contributed by atoms with van der Waals surface area (Å²) in [6.45, 7) is 1.13. The fourth-order valence-corrected chi connectivity index (χ4v) is 1.27. The van der Waals surface area contributed by atoms with Crippen molar-refractivity contribution in [2.24, 2.45) is 5.11 Å². The number of nitrogens with zero attached hydrogens (tertiary/aromatic N) is 3. The summed E-state index contributed by atoms with van der Waals surface area (Å²) in [5.41, 5.74) is 10.4. The summed E-state index contributed by atoms with van der Waals surface area (Å²) in [7, 11) is 1.67. The van der Waals surface area contributed by atoms with Crippen LogP contribution in [0.2, 0.25) is 0 Å². The molecule has 0 fully saturated rings. The summed E-state index contributed by atoms with van der Waals surface area (Å²) in [4.78, 5) is 2.71. The van der Waals surface area contributed by atoms with Gasteiger partial charge in [-0.15, -0.1) is 0 Å². The molecule has 1 rings (SSSR count). The number of hydrogen-bond donors (Lipinski definition) is 0. The molecule has 1 aromatic rings. The molecule has 0 spiro atoms. The van der Waals surface area contributed by atoms with Crippen molar-refractivity contribution in [3.8, 4) is 0 Å². The molecule has 0 aliphatic heterocycles. The van der Waals surface area contributed by atoms with Gasteiger partial charge < -0.3 is 4.74 Å². The van der Waals surface area contributed by atoms with E-state index in [1.807, 2.05) is 18.2 Å². The maximum Gasteiger partial charge on any atom is 0.0713 e. The van der Waals surface area contributed by atoms with Gasteiger partial charge in [-0.2, -0.15) is 0 Å². The second kappa shape index (κ2) is 6.02. The predicted octanol–water partition coefficient (Wildman–Crippen LogP) is 2.69. The van der Waals surface area contributed by atoms with Crippen molar-refractivity contribution in [2.45, 2.75) is 13.0 Å². The fraction of sp³-hybridized carbons (Fsp3) is 0.400. The Morgan fingerprint density at radius 1 is 1.43 bits per heavy atom. The lowest BCUT2D eigenvalue weighted by Crippen LogP contribution is -1.92. The molecule has 0 saturated heterocycles. The van der Waals surface area contributed by atoms with Crippen LogP contribution >= 0.6 is 0 Å². The first-order chi connectivity index (χ1) is 6.86. The minimum absolute atomic E-state index is 0.507. The highest BCUT2D eigenvalue weighted by atomic mass is 16.5. The standard InChI is InChI=1S/C10H13N3O/c1-14-8-10-4-2-3-9(7-10)5-6-12-13-11/h2-4,7H,5-6,8H2,1H3. The Morgan fingerprint density at radius 3 is 2.93 bits per heavy atom. The Balaban J connectivity index is 2.58. The third-order valence-electron chi connectivity index (χ3n) is 1.87. The van der Waals surface area contributed by atoms with Gasteiger partial charge in [0, 0.05) is 18.6 Å². The van der Waals surface area contributed by atoms with Crippen LogP contribution in [0.15, 0.2) is 29.4 Å². The molecule has 1 aromatic carbocycles. The van der Waals surface area contributed by atoms with E-state index in [0.717, 1.165) is 12.0 Å². The number of ether oxygens (including phenoxy) is 1. The molecule has 0 heterocycles. The molecule has 0 aromatic heterocycles. The van der Waals surface area contributed by atoms with Crippen LogP contribution in [0, 0.1) is 0 Å². The lowest BCUT2D eigenvalue weighted by Gasteiger charge is -2.02. The first-order valence-corrected chi connectivity index (χ1v) is 4.44. The highest BCUT2D eigenvalue weighted by Gasteiger charge is 1.94. The van der Waals surface area contributed by atoms with Crippen LogP contribution in [0.1, 0.15) is 11.1 Å². The number of rotatable bonds is 5. The van der Waals surface area contributed by atoms with E-state index in [1.165, 1.54) is 5.56 Å². The molecule has 0 aliphatic carbocycles. The average molecular weight is 191 g/mol. The maximum atomic E-state index is 8.12. The summed E-state index contributed by atoms with van der Waals surface area (Å²) >= 11 is 0. The Bertz CT molecular complexity index is 332. The van der Waals surface area contributed by atoms with Crippen LogP contribution < -0.4 is 0 Å². The summed E-state index contributed by atoms with van der Waals surface area (Å²) in [5, 5.41) is 3.49. The van der Waals surface area contributed by atoms with Crippen molar-refractivity contribution >= 4 is 0 Å². The van der Waals surface area contributed by atoms with Crippen LogP contribution in [-0.4, -0.2) is 13.7 Å². The molecule has 0 unspecified atom stereocenters. The lowest BCUT2D eigenvalue weighted by molar-refractivity contribution is 0.185. The van der Waals surface area contributed by atoms with Crippen LogP contribution in [0.3, 0.4) is 0 Å². The minimum Gasteiger partial charge on any atom is -0.380 e. The van der Waals surface area contributed by atoms with E-state index in [0.29, 0.717) is 13.2 Å².